The van der Waals surface area contributed by atoms with Crippen molar-refractivity contribution in [3.8, 4) is 0 Å². The topological polar surface area (TPSA) is 34.1 Å². The fraction of sp³-hybridized carbons (Fsp3) is 0.235. The Hall–Kier alpha value is -3.08. The SMILES string of the molecule is CCCCc1ccc(Sc2cccc3c2C(=O)c2c(Sc4ccc(CCCC)cc4)cccc2C3=O)cc1. The molecule has 1 aliphatic rings. The van der Waals surface area contributed by atoms with E-state index in [1.165, 1.54) is 36.8 Å². The number of hydrogen-bond donors (Lipinski definition) is 0. The predicted molar refractivity (Wildman–Crippen MR) is 158 cm³/mol. The first-order valence-electron chi connectivity index (χ1n) is 13.5. The first-order chi connectivity index (χ1) is 18.6. The van der Waals surface area contributed by atoms with Crippen molar-refractivity contribution in [3.63, 3.8) is 0 Å². The number of hydrogen-bond acceptors (Lipinski definition) is 4. The summed E-state index contributed by atoms with van der Waals surface area (Å²) in [6, 6.07) is 28.4. The number of carbonyl (C=O) groups excluding carboxylic acids is 2. The number of aryl methyl sites for hydroxylation is 2. The molecule has 0 aliphatic heterocycles. The highest BCUT2D eigenvalue weighted by Gasteiger charge is 2.33. The minimum absolute atomic E-state index is 0.0695. The molecule has 4 aromatic rings. The Bertz CT molecular complexity index is 1340. The monoisotopic (exact) mass is 536 g/mol. The van der Waals surface area contributed by atoms with E-state index in [4.69, 9.17) is 0 Å². The van der Waals surface area contributed by atoms with E-state index in [1.807, 2.05) is 24.3 Å². The first kappa shape index (κ1) is 26.5. The average molecular weight is 537 g/mol. The van der Waals surface area contributed by atoms with Gasteiger partial charge in [-0.2, -0.15) is 0 Å². The largest absolute Gasteiger partial charge is 0.289 e. The van der Waals surface area contributed by atoms with Gasteiger partial charge in [-0.15, -0.1) is 0 Å². The molecule has 0 aromatic heterocycles. The summed E-state index contributed by atoms with van der Waals surface area (Å²) >= 11 is 3.11. The Kier molecular flexibility index (Phi) is 8.51. The standard InChI is InChI=1S/C34H32O2S2/c1-3-5-9-23-15-19-25(20-16-23)37-29-13-7-11-27-31(29)34(36)32-28(33(27)35)12-8-14-30(32)38-26-21-17-24(18-22-26)10-6-4-2/h7-8,11-22H,3-6,9-10H2,1-2H3. The van der Waals surface area contributed by atoms with Crippen LogP contribution >= 0.6 is 23.5 Å². The average Bonchev–Trinajstić information content (AvgIpc) is 2.95. The van der Waals surface area contributed by atoms with Crippen LogP contribution in [0, 0.1) is 0 Å². The summed E-state index contributed by atoms with van der Waals surface area (Å²) in [5, 5.41) is 0. The van der Waals surface area contributed by atoms with Gasteiger partial charge in [-0.25, -0.2) is 0 Å². The lowest BCUT2D eigenvalue weighted by atomic mass is 9.84. The Morgan fingerprint density at radius 2 is 0.947 bits per heavy atom. The number of unbranched alkanes of at least 4 members (excludes halogenated alkanes) is 2. The Balaban J connectivity index is 1.45. The minimum atomic E-state index is -0.0793. The van der Waals surface area contributed by atoms with Gasteiger partial charge in [0.2, 0.25) is 0 Å². The van der Waals surface area contributed by atoms with Crippen molar-refractivity contribution < 1.29 is 9.59 Å². The fourth-order valence-corrected chi connectivity index (χ4v) is 6.77. The van der Waals surface area contributed by atoms with Crippen LogP contribution < -0.4 is 0 Å². The maximum atomic E-state index is 14.0. The van der Waals surface area contributed by atoms with Gasteiger partial charge in [0.05, 0.1) is 0 Å². The second-order valence-corrected chi connectivity index (χ2v) is 11.9. The highest BCUT2D eigenvalue weighted by atomic mass is 32.2. The lowest BCUT2D eigenvalue weighted by molar-refractivity contribution is 0.0974. The Morgan fingerprint density at radius 3 is 1.34 bits per heavy atom. The van der Waals surface area contributed by atoms with Crippen molar-refractivity contribution in [1.29, 1.82) is 0 Å². The van der Waals surface area contributed by atoms with E-state index < -0.39 is 0 Å². The van der Waals surface area contributed by atoms with E-state index >= 15 is 0 Å². The van der Waals surface area contributed by atoms with Crippen LogP contribution in [0.1, 0.15) is 82.5 Å². The van der Waals surface area contributed by atoms with Gasteiger partial charge in [-0.1, -0.05) is 98.7 Å². The van der Waals surface area contributed by atoms with E-state index in [-0.39, 0.29) is 11.6 Å². The molecule has 1 aliphatic carbocycles. The molecule has 0 radical (unpaired) electrons. The lowest BCUT2D eigenvalue weighted by Crippen LogP contribution is -2.22. The molecule has 0 N–H and O–H groups in total. The van der Waals surface area contributed by atoms with Crippen LogP contribution in [0.15, 0.2) is 105 Å². The zero-order chi connectivity index (χ0) is 26.5. The molecule has 0 bridgehead atoms. The number of fused-ring (bicyclic) bond motifs is 2. The van der Waals surface area contributed by atoms with Gasteiger partial charge in [0.25, 0.3) is 0 Å². The molecule has 0 saturated heterocycles. The van der Waals surface area contributed by atoms with Gasteiger partial charge >= 0.3 is 0 Å². The molecule has 192 valence electrons. The van der Waals surface area contributed by atoms with Crippen molar-refractivity contribution in [3.05, 3.63) is 118 Å². The molecule has 4 aromatic carbocycles. The zero-order valence-corrected chi connectivity index (χ0v) is 23.6. The number of carbonyl (C=O) groups is 2. The van der Waals surface area contributed by atoms with Crippen LogP contribution in [0.5, 0.6) is 0 Å². The van der Waals surface area contributed by atoms with Gasteiger partial charge in [-0.05, 0) is 73.2 Å². The van der Waals surface area contributed by atoms with Crippen LogP contribution in [-0.4, -0.2) is 11.6 Å². The quantitative estimate of drug-likeness (QED) is 0.178. The van der Waals surface area contributed by atoms with Crippen molar-refractivity contribution >= 4 is 35.1 Å². The zero-order valence-electron chi connectivity index (χ0n) is 22.0. The highest BCUT2D eigenvalue weighted by Crippen LogP contribution is 2.41. The summed E-state index contributed by atoms with van der Waals surface area (Å²) < 4.78 is 0. The molecule has 0 spiro atoms. The normalized spacial score (nSPS) is 12.4. The van der Waals surface area contributed by atoms with E-state index in [9.17, 15) is 9.59 Å². The van der Waals surface area contributed by atoms with Crippen LogP contribution in [0.3, 0.4) is 0 Å². The summed E-state index contributed by atoms with van der Waals surface area (Å²) in [6.45, 7) is 4.40. The molecule has 0 fully saturated rings. The van der Waals surface area contributed by atoms with E-state index in [0.717, 1.165) is 32.4 Å². The number of benzene rings is 4. The molecule has 0 saturated carbocycles. The van der Waals surface area contributed by atoms with Crippen molar-refractivity contribution in [1.82, 2.24) is 0 Å². The Labute approximate surface area is 234 Å². The third kappa shape index (κ3) is 5.67. The molecule has 5 rings (SSSR count). The van der Waals surface area contributed by atoms with Crippen molar-refractivity contribution in [2.75, 3.05) is 0 Å². The van der Waals surface area contributed by atoms with Crippen LogP contribution in [0.2, 0.25) is 0 Å². The third-order valence-corrected chi connectivity index (χ3v) is 9.07. The maximum Gasteiger partial charge on any atom is 0.196 e. The molecule has 0 unspecified atom stereocenters. The van der Waals surface area contributed by atoms with Gasteiger partial charge in [0.15, 0.2) is 11.6 Å². The fourth-order valence-electron chi connectivity index (χ4n) is 4.81. The molecule has 4 heteroatoms. The van der Waals surface area contributed by atoms with Gasteiger partial charge in [0, 0.05) is 41.8 Å². The van der Waals surface area contributed by atoms with Crippen molar-refractivity contribution in [2.24, 2.45) is 0 Å². The van der Waals surface area contributed by atoms with Gasteiger partial charge in [0.1, 0.15) is 0 Å². The van der Waals surface area contributed by atoms with Crippen LogP contribution in [0.25, 0.3) is 0 Å². The summed E-state index contributed by atoms with van der Waals surface area (Å²) in [5.41, 5.74) is 4.68. The molecule has 38 heavy (non-hydrogen) atoms. The number of ketones is 2. The van der Waals surface area contributed by atoms with Gasteiger partial charge < -0.3 is 0 Å². The molecule has 0 amide bonds. The summed E-state index contributed by atoms with van der Waals surface area (Å²) in [6.07, 6.45) is 6.86. The smallest absolute Gasteiger partial charge is 0.196 e. The minimum Gasteiger partial charge on any atom is -0.289 e. The van der Waals surface area contributed by atoms with Crippen molar-refractivity contribution in [2.45, 2.75) is 72.0 Å². The molecular formula is C34H32O2S2. The van der Waals surface area contributed by atoms with E-state index in [2.05, 4.69) is 62.4 Å². The van der Waals surface area contributed by atoms with Crippen LogP contribution in [0.4, 0.5) is 0 Å². The summed E-state index contributed by atoms with van der Waals surface area (Å²) in [7, 11) is 0. The third-order valence-electron chi connectivity index (χ3n) is 6.94. The summed E-state index contributed by atoms with van der Waals surface area (Å²) in [4.78, 5) is 31.4. The van der Waals surface area contributed by atoms with Gasteiger partial charge in [-0.3, -0.25) is 9.59 Å². The Morgan fingerprint density at radius 1 is 0.526 bits per heavy atom. The van der Waals surface area contributed by atoms with E-state index in [1.54, 1.807) is 35.7 Å². The summed E-state index contributed by atoms with van der Waals surface area (Å²) in [5.74, 6) is -0.149. The highest BCUT2D eigenvalue weighted by molar-refractivity contribution is 7.99. The molecule has 0 heterocycles. The maximum absolute atomic E-state index is 14.0. The second-order valence-electron chi connectivity index (χ2n) is 9.71. The molecule has 0 atom stereocenters. The first-order valence-corrected chi connectivity index (χ1v) is 15.1. The predicted octanol–water partition coefficient (Wildman–Crippen LogP) is 9.45. The number of rotatable bonds is 10. The molecule has 2 nitrogen and oxygen atoms in total. The van der Waals surface area contributed by atoms with Crippen LogP contribution in [-0.2, 0) is 12.8 Å². The van der Waals surface area contributed by atoms with E-state index in [0.29, 0.717) is 22.3 Å². The molecular weight excluding hydrogens is 505 g/mol. The lowest BCUT2D eigenvalue weighted by Gasteiger charge is -2.22. The second kappa shape index (κ2) is 12.2.